The Bertz CT molecular complexity index is 553. The van der Waals surface area contributed by atoms with Gasteiger partial charge in [0.1, 0.15) is 5.69 Å². The second-order valence-electron chi connectivity index (χ2n) is 4.53. The monoisotopic (exact) mass is 270 g/mol. The summed E-state index contributed by atoms with van der Waals surface area (Å²) in [6, 6.07) is 2.97. The normalized spacial score (nSPS) is 23.1. The van der Waals surface area contributed by atoms with Crippen LogP contribution in [0, 0.1) is 5.92 Å². The number of aromatic nitrogens is 1. The Morgan fingerprint density at radius 3 is 2.72 bits per heavy atom. The Morgan fingerprint density at radius 1 is 1.56 bits per heavy atom. The van der Waals surface area contributed by atoms with Crippen LogP contribution in [0.2, 0.25) is 0 Å². The molecular formula is C11H14N2O4S. The lowest BCUT2D eigenvalue weighted by molar-refractivity contribution is 0.0690. The van der Waals surface area contributed by atoms with E-state index >= 15 is 0 Å². The highest BCUT2D eigenvalue weighted by Gasteiger charge is 2.33. The van der Waals surface area contributed by atoms with Crippen LogP contribution in [-0.2, 0) is 16.6 Å². The topological polar surface area (TPSA) is 87.6 Å². The van der Waals surface area contributed by atoms with Crippen molar-refractivity contribution in [3.05, 3.63) is 29.6 Å². The largest absolute Gasteiger partial charge is 0.477 e. The minimum absolute atomic E-state index is 0.0450. The van der Waals surface area contributed by atoms with Crippen molar-refractivity contribution >= 4 is 16.0 Å². The zero-order chi connectivity index (χ0) is 13.3. The van der Waals surface area contributed by atoms with Gasteiger partial charge >= 0.3 is 5.97 Å². The molecule has 1 aliphatic heterocycles. The number of sulfonamides is 1. The number of carboxylic acids is 1. The van der Waals surface area contributed by atoms with Crippen LogP contribution in [-0.4, -0.2) is 41.1 Å². The highest BCUT2D eigenvalue weighted by Crippen LogP contribution is 2.21. The van der Waals surface area contributed by atoms with Crippen molar-refractivity contribution in [3.63, 3.8) is 0 Å². The number of hydrogen-bond donors (Lipinski definition) is 1. The molecule has 0 aromatic carbocycles. The van der Waals surface area contributed by atoms with E-state index in [0.717, 1.165) is 0 Å². The Morgan fingerprint density at radius 2 is 2.28 bits per heavy atom. The van der Waals surface area contributed by atoms with E-state index in [2.05, 4.69) is 4.98 Å². The Hall–Kier alpha value is -1.47. The summed E-state index contributed by atoms with van der Waals surface area (Å²) in [7, 11) is -3.17. The fourth-order valence-corrected chi connectivity index (χ4v) is 3.85. The van der Waals surface area contributed by atoms with E-state index in [9.17, 15) is 13.2 Å². The minimum atomic E-state index is -3.17. The van der Waals surface area contributed by atoms with Crippen LogP contribution in [0.4, 0.5) is 0 Å². The first kappa shape index (κ1) is 13.0. The van der Waals surface area contributed by atoms with Gasteiger partial charge in [-0.15, -0.1) is 0 Å². The van der Waals surface area contributed by atoms with Crippen molar-refractivity contribution in [2.24, 2.45) is 5.92 Å². The molecule has 0 spiro atoms. The molecule has 6 nitrogen and oxygen atoms in total. The van der Waals surface area contributed by atoms with Gasteiger partial charge in [0.25, 0.3) is 0 Å². The third kappa shape index (κ3) is 2.68. The zero-order valence-corrected chi connectivity index (χ0v) is 10.7. The van der Waals surface area contributed by atoms with Gasteiger partial charge in [0, 0.05) is 19.3 Å². The molecular weight excluding hydrogens is 256 g/mol. The van der Waals surface area contributed by atoms with Crippen LogP contribution >= 0.6 is 0 Å². The van der Waals surface area contributed by atoms with Crippen LogP contribution < -0.4 is 0 Å². The van der Waals surface area contributed by atoms with E-state index in [1.54, 1.807) is 6.07 Å². The quantitative estimate of drug-likeness (QED) is 0.867. The Labute approximate surface area is 105 Å². The molecule has 2 rings (SSSR count). The van der Waals surface area contributed by atoms with Gasteiger partial charge in [0.2, 0.25) is 10.0 Å². The number of aromatic carboxylic acids is 1. The van der Waals surface area contributed by atoms with Gasteiger partial charge in [-0.2, -0.15) is 4.31 Å². The lowest BCUT2D eigenvalue weighted by Gasteiger charge is -2.14. The molecule has 0 bridgehead atoms. The van der Waals surface area contributed by atoms with Gasteiger partial charge in [-0.25, -0.2) is 18.2 Å². The minimum Gasteiger partial charge on any atom is -0.477 e. The predicted molar refractivity (Wildman–Crippen MR) is 64.6 cm³/mol. The summed E-state index contributed by atoms with van der Waals surface area (Å²) in [6.07, 6.45) is 1.40. The van der Waals surface area contributed by atoms with E-state index in [4.69, 9.17) is 5.11 Å². The lowest BCUT2D eigenvalue weighted by atomic mass is 10.2. The van der Waals surface area contributed by atoms with E-state index in [0.29, 0.717) is 12.1 Å². The molecule has 98 valence electrons. The molecule has 0 aliphatic carbocycles. The van der Waals surface area contributed by atoms with Crippen LogP contribution in [0.15, 0.2) is 18.3 Å². The van der Waals surface area contributed by atoms with Gasteiger partial charge in [-0.1, -0.05) is 13.0 Å². The summed E-state index contributed by atoms with van der Waals surface area (Å²) in [5.41, 5.74) is 0.647. The number of nitrogens with zero attached hydrogens (tertiary/aromatic N) is 2. The third-order valence-corrected chi connectivity index (χ3v) is 4.86. The predicted octanol–water partition coefficient (Wildman–Crippen LogP) is 0.561. The molecule has 0 saturated carbocycles. The van der Waals surface area contributed by atoms with Gasteiger partial charge in [0.05, 0.1) is 5.75 Å². The highest BCUT2D eigenvalue weighted by atomic mass is 32.2. The molecule has 1 aromatic rings. The summed E-state index contributed by atoms with van der Waals surface area (Å²) >= 11 is 0. The summed E-state index contributed by atoms with van der Waals surface area (Å²) in [6.45, 7) is 2.64. The first-order valence-corrected chi connectivity index (χ1v) is 7.15. The molecule has 1 fully saturated rings. The number of hydrogen-bond acceptors (Lipinski definition) is 4. The molecule has 1 aliphatic rings. The Kier molecular flexibility index (Phi) is 3.36. The van der Waals surface area contributed by atoms with Gasteiger partial charge < -0.3 is 5.11 Å². The van der Waals surface area contributed by atoms with Crippen molar-refractivity contribution in [3.8, 4) is 0 Å². The van der Waals surface area contributed by atoms with Gasteiger partial charge in [-0.3, -0.25) is 0 Å². The van der Waals surface area contributed by atoms with Crippen LogP contribution in [0.25, 0.3) is 0 Å². The van der Waals surface area contributed by atoms with Gasteiger partial charge in [-0.05, 0) is 17.5 Å². The fourth-order valence-electron chi connectivity index (χ4n) is 1.99. The fraction of sp³-hybridized carbons (Fsp3) is 0.455. The molecule has 1 atom stereocenters. The second kappa shape index (κ2) is 4.66. The number of pyridine rings is 1. The van der Waals surface area contributed by atoms with Crippen molar-refractivity contribution in [2.45, 2.75) is 13.5 Å². The Balaban J connectivity index is 2.13. The van der Waals surface area contributed by atoms with E-state index in [1.807, 2.05) is 6.92 Å². The van der Waals surface area contributed by atoms with Crippen LogP contribution in [0.5, 0.6) is 0 Å². The first-order valence-electron chi connectivity index (χ1n) is 5.54. The van der Waals surface area contributed by atoms with Gasteiger partial charge in [0.15, 0.2) is 0 Å². The number of carboxylic acid groups (broad SMARTS) is 1. The second-order valence-corrected chi connectivity index (χ2v) is 6.55. The molecule has 2 heterocycles. The maximum atomic E-state index is 11.8. The standard InChI is InChI=1S/C11H14N2O4S/c1-8-5-13(18(16,17)7-8)6-9-2-3-10(11(14)15)12-4-9/h2-4,8H,5-7H2,1H3,(H,14,15). The molecule has 18 heavy (non-hydrogen) atoms. The first-order chi connectivity index (χ1) is 8.38. The highest BCUT2D eigenvalue weighted by molar-refractivity contribution is 7.89. The SMILES string of the molecule is CC1CN(Cc2ccc(C(=O)O)nc2)S(=O)(=O)C1. The van der Waals surface area contributed by atoms with Crippen LogP contribution in [0.3, 0.4) is 0 Å². The molecule has 0 radical (unpaired) electrons. The van der Waals surface area contributed by atoms with Crippen molar-refractivity contribution in [1.82, 2.24) is 9.29 Å². The third-order valence-electron chi connectivity index (χ3n) is 2.81. The summed E-state index contributed by atoms with van der Waals surface area (Å²) < 4.78 is 24.9. The van der Waals surface area contributed by atoms with Crippen LogP contribution in [0.1, 0.15) is 23.0 Å². The summed E-state index contributed by atoms with van der Waals surface area (Å²) in [4.78, 5) is 14.4. The zero-order valence-electron chi connectivity index (χ0n) is 9.91. The van der Waals surface area contributed by atoms with E-state index in [1.165, 1.54) is 16.6 Å². The molecule has 7 heteroatoms. The maximum Gasteiger partial charge on any atom is 0.354 e. The number of rotatable bonds is 3. The molecule has 1 N–H and O–H groups in total. The van der Waals surface area contributed by atoms with E-state index < -0.39 is 16.0 Å². The maximum absolute atomic E-state index is 11.8. The average molecular weight is 270 g/mol. The molecule has 1 unspecified atom stereocenters. The summed E-state index contributed by atoms with van der Waals surface area (Å²) in [5.74, 6) is -0.793. The number of carbonyl (C=O) groups is 1. The van der Waals surface area contributed by atoms with Crippen molar-refractivity contribution in [2.75, 3.05) is 12.3 Å². The molecule has 0 amide bonds. The van der Waals surface area contributed by atoms with Crippen molar-refractivity contribution in [1.29, 1.82) is 0 Å². The molecule has 1 saturated heterocycles. The van der Waals surface area contributed by atoms with Crippen molar-refractivity contribution < 1.29 is 18.3 Å². The average Bonchev–Trinajstić information content (AvgIpc) is 2.52. The van der Waals surface area contributed by atoms with E-state index in [-0.39, 0.29) is 23.9 Å². The molecule has 1 aromatic heterocycles. The summed E-state index contributed by atoms with van der Waals surface area (Å²) in [5, 5.41) is 8.71. The lowest BCUT2D eigenvalue weighted by Crippen LogP contribution is -2.25. The smallest absolute Gasteiger partial charge is 0.354 e.